The van der Waals surface area contributed by atoms with Crippen LogP contribution in [0.5, 0.6) is 0 Å². The lowest BCUT2D eigenvalue weighted by Gasteiger charge is -2.29. The van der Waals surface area contributed by atoms with E-state index < -0.39 is 0 Å². The third-order valence-corrected chi connectivity index (χ3v) is 5.44. The van der Waals surface area contributed by atoms with E-state index >= 15 is 0 Å². The van der Waals surface area contributed by atoms with Crippen molar-refractivity contribution in [2.45, 2.75) is 39.2 Å². The fourth-order valence-corrected chi connectivity index (χ4v) is 4.22. The van der Waals surface area contributed by atoms with Crippen LogP contribution in [0.25, 0.3) is 0 Å². The van der Waals surface area contributed by atoms with Gasteiger partial charge in [0.05, 0.1) is 11.2 Å². The van der Waals surface area contributed by atoms with Crippen LogP contribution in [0.15, 0.2) is 18.2 Å². The van der Waals surface area contributed by atoms with Gasteiger partial charge in [0.15, 0.2) is 0 Å². The molecule has 1 aromatic heterocycles. The van der Waals surface area contributed by atoms with Gasteiger partial charge in [0.2, 0.25) is 0 Å². The number of hydrogen-bond acceptors (Lipinski definition) is 3. The molecule has 0 amide bonds. The summed E-state index contributed by atoms with van der Waals surface area (Å²) in [6.07, 6.45) is 1.65. The second-order valence-electron chi connectivity index (χ2n) is 5.36. The third kappa shape index (κ3) is 1.90. The maximum Gasteiger partial charge on any atom is 0.126 e. The third-order valence-electron chi connectivity index (χ3n) is 4.20. The number of aromatic nitrogens is 1. The van der Waals surface area contributed by atoms with Gasteiger partial charge < -0.3 is 5.32 Å². The highest BCUT2D eigenvalue weighted by molar-refractivity contribution is 7.11. The zero-order valence-electron chi connectivity index (χ0n) is 12.1. The lowest BCUT2D eigenvalue weighted by Crippen LogP contribution is -2.41. The predicted octanol–water partition coefficient (Wildman–Crippen LogP) is 3.70. The molecule has 1 heterocycles. The first-order chi connectivity index (χ1) is 9.58. The number of benzene rings is 1. The Labute approximate surface area is 123 Å². The molecule has 1 unspecified atom stereocenters. The highest BCUT2D eigenvalue weighted by Crippen LogP contribution is 2.44. The molecule has 0 radical (unpaired) electrons. The van der Waals surface area contributed by atoms with E-state index in [9.17, 15) is 4.39 Å². The van der Waals surface area contributed by atoms with E-state index in [1.165, 1.54) is 4.88 Å². The number of nitrogens with one attached hydrogen (secondary N) is 1. The van der Waals surface area contributed by atoms with Crippen LogP contribution < -0.4 is 5.32 Å². The molecule has 0 bridgehead atoms. The van der Waals surface area contributed by atoms with Gasteiger partial charge in [-0.1, -0.05) is 19.1 Å². The first kappa shape index (κ1) is 13.7. The SMILES string of the molecule is CCNC1(c2nc(C)c(C)s2)CCc2c(F)cccc21. The normalized spacial score (nSPS) is 21.2. The molecule has 1 aliphatic carbocycles. The van der Waals surface area contributed by atoms with Crippen molar-refractivity contribution in [2.75, 3.05) is 6.54 Å². The quantitative estimate of drug-likeness (QED) is 0.932. The lowest BCUT2D eigenvalue weighted by molar-refractivity contribution is 0.407. The summed E-state index contributed by atoms with van der Waals surface area (Å²) < 4.78 is 14.0. The van der Waals surface area contributed by atoms with Crippen LogP contribution in [-0.4, -0.2) is 11.5 Å². The van der Waals surface area contributed by atoms with Gasteiger partial charge in [-0.05, 0) is 50.4 Å². The molecule has 3 rings (SSSR count). The number of rotatable bonds is 3. The van der Waals surface area contributed by atoms with Crippen molar-refractivity contribution in [2.24, 2.45) is 0 Å². The van der Waals surface area contributed by atoms with E-state index in [1.54, 1.807) is 23.5 Å². The van der Waals surface area contributed by atoms with Crippen LogP contribution in [-0.2, 0) is 12.0 Å². The molecule has 0 aliphatic heterocycles. The Morgan fingerprint density at radius 1 is 1.40 bits per heavy atom. The maximum absolute atomic E-state index is 14.0. The van der Waals surface area contributed by atoms with E-state index in [0.29, 0.717) is 0 Å². The van der Waals surface area contributed by atoms with Crippen molar-refractivity contribution in [1.82, 2.24) is 10.3 Å². The zero-order chi connectivity index (χ0) is 14.3. The fourth-order valence-electron chi connectivity index (χ4n) is 3.10. The topological polar surface area (TPSA) is 24.9 Å². The number of nitrogens with zero attached hydrogens (tertiary/aromatic N) is 1. The Hall–Kier alpha value is -1.26. The van der Waals surface area contributed by atoms with E-state index in [0.717, 1.165) is 41.2 Å². The van der Waals surface area contributed by atoms with E-state index in [2.05, 4.69) is 19.2 Å². The summed E-state index contributed by atoms with van der Waals surface area (Å²) in [5.41, 5.74) is 2.68. The van der Waals surface area contributed by atoms with Crippen LogP contribution >= 0.6 is 11.3 Å². The molecule has 20 heavy (non-hydrogen) atoms. The Bertz CT molecular complexity index is 630. The summed E-state index contributed by atoms with van der Waals surface area (Å²) in [5.74, 6) is -0.0905. The first-order valence-electron chi connectivity index (χ1n) is 7.06. The van der Waals surface area contributed by atoms with Gasteiger partial charge in [-0.2, -0.15) is 0 Å². The molecule has 1 N–H and O–H groups in total. The van der Waals surface area contributed by atoms with Crippen molar-refractivity contribution in [3.05, 3.63) is 50.7 Å². The second-order valence-corrected chi connectivity index (χ2v) is 6.57. The predicted molar refractivity (Wildman–Crippen MR) is 80.8 cm³/mol. The molecule has 106 valence electrons. The molecule has 2 nitrogen and oxygen atoms in total. The maximum atomic E-state index is 14.0. The molecule has 4 heteroatoms. The Morgan fingerprint density at radius 2 is 2.20 bits per heavy atom. The summed E-state index contributed by atoms with van der Waals surface area (Å²) in [7, 11) is 0. The van der Waals surface area contributed by atoms with Gasteiger partial charge in [0, 0.05) is 4.88 Å². The second kappa shape index (κ2) is 4.93. The first-order valence-corrected chi connectivity index (χ1v) is 7.87. The van der Waals surface area contributed by atoms with Crippen molar-refractivity contribution < 1.29 is 4.39 Å². The van der Waals surface area contributed by atoms with Crippen LogP contribution in [0.4, 0.5) is 4.39 Å². The minimum Gasteiger partial charge on any atom is -0.302 e. The number of fused-ring (bicyclic) bond motifs is 1. The monoisotopic (exact) mass is 290 g/mol. The van der Waals surface area contributed by atoms with Crippen molar-refractivity contribution in [3.8, 4) is 0 Å². The van der Waals surface area contributed by atoms with Crippen molar-refractivity contribution in [3.63, 3.8) is 0 Å². The number of thiazole rings is 1. The summed E-state index contributed by atoms with van der Waals surface area (Å²) in [5, 5.41) is 4.65. The average molecular weight is 290 g/mol. The minimum atomic E-state index is -0.310. The molecule has 2 aromatic rings. The Morgan fingerprint density at radius 3 is 2.85 bits per heavy atom. The minimum absolute atomic E-state index is 0.0905. The highest BCUT2D eigenvalue weighted by Gasteiger charge is 2.43. The summed E-state index contributed by atoms with van der Waals surface area (Å²) in [4.78, 5) is 5.98. The van der Waals surface area contributed by atoms with Crippen LogP contribution in [0, 0.1) is 19.7 Å². The van der Waals surface area contributed by atoms with Gasteiger partial charge >= 0.3 is 0 Å². The number of aryl methyl sites for hydroxylation is 2. The van der Waals surface area contributed by atoms with Gasteiger partial charge in [-0.15, -0.1) is 11.3 Å². The summed E-state index contributed by atoms with van der Waals surface area (Å²) in [6.45, 7) is 7.06. The van der Waals surface area contributed by atoms with Crippen molar-refractivity contribution >= 4 is 11.3 Å². The average Bonchev–Trinajstić information content (AvgIpc) is 2.95. The molecule has 0 saturated carbocycles. The molecule has 0 spiro atoms. The standard InChI is InChI=1S/C16H19FN2S/c1-4-18-16(15-19-10(2)11(3)20-15)9-8-12-13(16)6-5-7-14(12)17/h5-7,18H,4,8-9H2,1-3H3. The fraction of sp³-hybridized carbons (Fsp3) is 0.438. The van der Waals surface area contributed by atoms with Gasteiger partial charge in [0.25, 0.3) is 0 Å². The molecule has 1 aromatic carbocycles. The number of hydrogen-bond donors (Lipinski definition) is 1. The Balaban J connectivity index is 2.19. The van der Waals surface area contributed by atoms with E-state index in [-0.39, 0.29) is 11.4 Å². The van der Waals surface area contributed by atoms with E-state index in [1.807, 2.05) is 13.0 Å². The smallest absolute Gasteiger partial charge is 0.126 e. The molecule has 0 fully saturated rings. The van der Waals surface area contributed by atoms with Crippen LogP contribution in [0.3, 0.4) is 0 Å². The molecular weight excluding hydrogens is 271 g/mol. The number of halogens is 1. The van der Waals surface area contributed by atoms with Crippen molar-refractivity contribution in [1.29, 1.82) is 0 Å². The van der Waals surface area contributed by atoms with Gasteiger partial charge in [0.1, 0.15) is 10.8 Å². The van der Waals surface area contributed by atoms with Gasteiger partial charge in [-0.3, -0.25) is 0 Å². The Kier molecular flexibility index (Phi) is 3.38. The van der Waals surface area contributed by atoms with E-state index in [4.69, 9.17) is 4.98 Å². The molecule has 0 saturated heterocycles. The lowest BCUT2D eigenvalue weighted by atomic mass is 9.92. The van der Waals surface area contributed by atoms with Gasteiger partial charge in [-0.25, -0.2) is 9.37 Å². The molecule has 1 atom stereocenters. The van der Waals surface area contributed by atoms with Crippen LogP contribution in [0.2, 0.25) is 0 Å². The highest BCUT2D eigenvalue weighted by atomic mass is 32.1. The summed E-state index contributed by atoms with van der Waals surface area (Å²) in [6, 6.07) is 5.40. The zero-order valence-corrected chi connectivity index (χ0v) is 12.9. The largest absolute Gasteiger partial charge is 0.302 e. The molecular formula is C16H19FN2S. The summed E-state index contributed by atoms with van der Waals surface area (Å²) >= 11 is 1.72. The molecule has 1 aliphatic rings. The van der Waals surface area contributed by atoms with Crippen LogP contribution in [0.1, 0.15) is 40.1 Å².